The Labute approximate surface area is 151 Å². The zero-order valence-corrected chi connectivity index (χ0v) is 15.5. The van der Waals surface area contributed by atoms with E-state index < -0.39 is 0 Å². The average Bonchev–Trinajstić information content (AvgIpc) is 2.61. The number of pyridine rings is 1. The number of ether oxygens (including phenoxy) is 3. The Morgan fingerprint density at radius 3 is 2.33 bits per heavy atom. The van der Waals surface area contributed by atoms with Crippen LogP contribution in [0.5, 0.6) is 5.88 Å². The minimum Gasteiger partial charge on any atom is -0.473 e. The molecular weight excluding hydrogens is 370 g/mol. The zero-order chi connectivity index (χ0) is 17.2. The highest BCUT2D eigenvalue weighted by Crippen LogP contribution is 2.20. The molecule has 0 saturated carbocycles. The molecule has 1 aromatic carbocycles. The summed E-state index contributed by atoms with van der Waals surface area (Å²) >= 11 is 3.34. The first-order valence-electron chi connectivity index (χ1n) is 7.97. The molecule has 0 saturated heterocycles. The molecule has 2 rings (SSSR count). The van der Waals surface area contributed by atoms with Gasteiger partial charge in [-0.2, -0.15) is 0 Å². The van der Waals surface area contributed by atoms with E-state index in [1.165, 1.54) is 0 Å². The SMILES string of the molecule is CCOC(OCC)c1ccc(C=CCOc2ccc(Br)cn2)cc1. The molecule has 0 atom stereocenters. The van der Waals surface area contributed by atoms with Crippen molar-refractivity contribution in [1.82, 2.24) is 4.98 Å². The lowest BCUT2D eigenvalue weighted by atomic mass is 10.1. The molecule has 128 valence electrons. The van der Waals surface area contributed by atoms with Crippen LogP contribution in [0.1, 0.15) is 31.3 Å². The number of aromatic nitrogens is 1. The summed E-state index contributed by atoms with van der Waals surface area (Å²) in [4.78, 5) is 4.16. The Bertz CT molecular complexity index is 620. The van der Waals surface area contributed by atoms with E-state index in [4.69, 9.17) is 14.2 Å². The number of rotatable bonds is 9. The van der Waals surface area contributed by atoms with Crippen molar-refractivity contribution in [3.05, 3.63) is 64.3 Å². The maximum atomic E-state index is 5.59. The quantitative estimate of drug-likeness (QED) is 0.563. The van der Waals surface area contributed by atoms with Crippen molar-refractivity contribution in [2.45, 2.75) is 20.1 Å². The van der Waals surface area contributed by atoms with Crippen molar-refractivity contribution in [2.24, 2.45) is 0 Å². The minimum atomic E-state index is -0.301. The van der Waals surface area contributed by atoms with Gasteiger partial charge < -0.3 is 14.2 Å². The van der Waals surface area contributed by atoms with E-state index in [1.54, 1.807) is 6.20 Å². The van der Waals surface area contributed by atoms with Crippen LogP contribution < -0.4 is 4.74 Å². The predicted octanol–water partition coefficient (Wildman–Crippen LogP) is 5.01. The van der Waals surface area contributed by atoms with Crippen LogP contribution in [0.3, 0.4) is 0 Å². The highest BCUT2D eigenvalue weighted by molar-refractivity contribution is 9.10. The monoisotopic (exact) mass is 391 g/mol. The summed E-state index contributed by atoms with van der Waals surface area (Å²) in [7, 11) is 0. The molecule has 1 aromatic heterocycles. The molecule has 0 spiro atoms. The lowest BCUT2D eigenvalue weighted by Crippen LogP contribution is -2.08. The molecule has 0 radical (unpaired) electrons. The van der Waals surface area contributed by atoms with Gasteiger partial charge in [0.25, 0.3) is 0 Å². The van der Waals surface area contributed by atoms with E-state index in [9.17, 15) is 0 Å². The van der Waals surface area contributed by atoms with Gasteiger partial charge in [0.2, 0.25) is 5.88 Å². The van der Waals surface area contributed by atoms with Gasteiger partial charge in [-0.25, -0.2) is 4.98 Å². The smallest absolute Gasteiger partial charge is 0.213 e. The third kappa shape index (κ3) is 6.07. The van der Waals surface area contributed by atoms with Crippen LogP contribution in [0, 0.1) is 0 Å². The fourth-order valence-corrected chi connectivity index (χ4v) is 2.31. The van der Waals surface area contributed by atoms with E-state index in [1.807, 2.05) is 62.4 Å². The molecule has 0 unspecified atom stereocenters. The van der Waals surface area contributed by atoms with Gasteiger partial charge in [0.1, 0.15) is 6.61 Å². The second kappa shape index (κ2) is 10.2. The molecule has 0 amide bonds. The number of benzene rings is 1. The number of hydrogen-bond acceptors (Lipinski definition) is 4. The van der Waals surface area contributed by atoms with E-state index in [0.29, 0.717) is 25.7 Å². The highest BCUT2D eigenvalue weighted by atomic mass is 79.9. The lowest BCUT2D eigenvalue weighted by Gasteiger charge is -2.17. The Morgan fingerprint density at radius 2 is 1.75 bits per heavy atom. The predicted molar refractivity (Wildman–Crippen MR) is 98.9 cm³/mol. The largest absolute Gasteiger partial charge is 0.473 e. The van der Waals surface area contributed by atoms with Gasteiger partial charge in [-0.3, -0.25) is 0 Å². The number of nitrogens with zero attached hydrogens (tertiary/aromatic N) is 1. The van der Waals surface area contributed by atoms with Gasteiger partial charge >= 0.3 is 0 Å². The zero-order valence-electron chi connectivity index (χ0n) is 13.9. The minimum absolute atomic E-state index is 0.301. The Kier molecular flexibility index (Phi) is 7.95. The second-order valence-corrected chi connectivity index (χ2v) is 5.85. The lowest BCUT2D eigenvalue weighted by molar-refractivity contribution is -0.140. The van der Waals surface area contributed by atoms with Crippen LogP contribution in [0.15, 0.2) is 53.1 Å². The topological polar surface area (TPSA) is 40.6 Å². The van der Waals surface area contributed by atoms with Gasteiger partial charge in [-0.15, -0.1) is 0 Å². The third-order valence-electron chi connectivity index (χ3n) is 3.18. The van der Waals surface area contributed by atoms with Gasteiger partial charge in [0.05, 0.1) is 0 Å². The van der Waals surface area contributed by atoms with Crippen LogP contribution in [0.4, 0.5) is 0 Å². The van der Waals surface area contributed by atoms with Gasteiger partial charge in [-0.05, 0) is 47.5 Å². The van der Waals surface area contributed by atoms with Crippen molar-refractivity contribution in [2.75, 3.05) is 19.8 Å². The second-order valence-electron chi connectivity index (χ2n) is 4.94. The Balaban J connectivity index is 1.87. The van der Waals surface area contributed by atoms with Gasteiger partial charge in [0, 0.05) is 35.5 Å². The summed E-state index contributed by atoms with van der Waals surface area (Å²) in [6.45, 7) is 5.63. The van der Waals surface area contributed by atoms with Crippen LogP contribution in [-0.2, 0) is 9.47 Å². The maximum Gasteiger partial charge on any atom is 0.213 e. The molecule has 4 nitrogen and oxygen atoms in total. The molecule has 0 fully saturated rings. The maximum absolute atomic E-state index is 5.59. The molecule has 2 aromatic rings. The molecule has 0 aliphatic heterocycles. The van der Waals surface area contributed by atoms with Gasteiger partial charge in [0.15, 0.2) is 6.29 Å². The van der Waals surface area contributed by atoms with E-state index in [-0.39, 0.29) is 6.29 Å². The van der Waals surface area contributed by atoms with Crippen molar-refractivity contribution in [3.63, 3.8) is 0 Å². The normalized spacial score (nSPS) is 11.3. The Morgan fingerprint density at radius 1 is 1.04 bits per heavy atom. The van der Waals surface area contributed by atoms with Gasteiger partial charge in [-0.1, -0.05) is 30.3 Å². The first kappa shape index (κ1) is 18.6. The molecule has 0 N–H and O–H groups in total. The van der Waals surface area contributed by atoms with Crippen molar-refractivity contribution in [3.8, 4) is 5.88 Å². The van der Waals surface area contributed by atoms with Crippen LogP contribution in [0.2, 0.25) is 0 Å². The standard InChI is InChI=1S/C19H22BrNO3/c1-3-22-19(23-4-2)16-9-7-15(8-10-16)6-5-13-24-18-12-11-17(20)14-21-18/h5-12,14,19H,3-4,13H2,1-2H3. The van der Waals surface area contributed by atoms with Crippen LogP contribution in [0.25, 0.3) is 6.08 Å². The fourth-order valence-electron chi connectivity index (χ4n) is 2.07. The summed E-state index contributed by atoms with van der Waals surface area (Å²) < 4.78 is 17.7. The average molecular weight is 392 g/mol. The van der Waals surface area contributed by atoms with Crippen LogP contribution in [-0.4, -0.2) is 24.8 Å². The third-order valence-corrected chi connectivity index (χ3v) is 3.65. The van der Waals surface area contributed by atoms with E-state index >= 15 is 0 Å². The summed E-state index contributed by atoms with van der Waals surface area (Å²) in [5.74, 6) is 0.606. The molecule has 0 aliphatic rings. The molecule has 24 heavy (non-hydrogen) atoms. The van der Waals surface area contributed by atoms with Crippen LogP contribution >= 0.6 is 15.9 Å². The summed E-state index contributed by atoms with van der Waals surface area (Å²) in [5, 5.41) is 0. The summed E-state index contributed by atoms with van der Waals surface area (Å²) in [5.41, 5.74) is 2.11. The molecular formula is C19H22BrNO3. The molecule has 0 bridgehead atoms. The fraction of sp³-hybridized carbons (Fsp3) is 0.316. The molecule has 0 aliphatic carbocycles. The number of halogens is 1. The number of hydrogen-bond donors (Lipinski definition) is 0. The first-order valence-corrected chi connectivity index (χ1v) is 8.76. The summed E-state index contributed by atoms with van der Waals surface area (Å²) in [6, 6.07) is 11.8. The van der Waals surface area contributed by atoms with Crippen molar-refractivity contribution in [1.29, 1.82) is 0 Å². The molecule has 5 heteroatoms. The first-order chi connectivity index (χ1) is 11.7. The molecule has 1 heterocycles. The van der Waals surface area contributed by atoms with E-state index in [2.05, 4.69) is 20.9 Å². The van der Waals surface area contributed by atoms with Crippen molar-refractivity contribution < 1.29 is 14.2 Å². The highest BCUT2D eigenvalue weighted by Gasteiger charge is 2.10. The van der Waals surface area contributed by atoms with Crippen molar-refractivity contribution >= 4 is 22.0 Å². The Hall–Kier alpha value is -1.69. The summed E-state index contributed by atoms with van der Waals surface area (Å²) in [6.07, 6.45) is 5.38. The van der Waals surface area contributed by atoms with E-state index in [0.717, 1.165) is 15.6 Å².